The average Bonchev–Trinajstić information content (AvgIpc) is 3.33. The highest BCUT2D eigenvalue weighted by Crippen LogP contribution is 2.25. The van der Waals surface area contributed by atoms with E-state index in [1.807, 2.05) is 60.7 Å². The van der Waals surface area contributed by atoms with Gasteiger partial charge in [-0.3, -0.25) is 9.59 Å². The van der Waals surface area contributed by atoms with Gasteiger partial charge < -0.3 is 10.2 Å². The van der Waals surface area contributed by atoms with E-state index in [9.17, 15) is 14.0 Å². The molecule has 0 radical (unpaired) electrons. The van der Waals surface area contributed by atoms with Crippen molar-refractivity contribution >= 4 is 17.6 Å². The standard InChI is InChI=1S/C29H29FN4O2/c1-2-3-12-19-33(29(36)24-17-10-11-18-25(24)30)21-28(35)31-27-20-26(22-13-6-4-7-14-22)32-34(27)23-15-8-5-9-16-23/h4-11,13-18,20H,2-3,12,19,21H2,1H3,(H,31,35). The number of amides is 2. The fourth-order valence-electron chi connectivity index (χ4n) is 3.95. The number of anilines is 1. The minimum atomic E-state index is -0.599. The maximum absolute atomic E-state index is 14.3. The number of nitrogens with one attached hydrogen (secondary N) is 1. The number of carbonyl (C=O) groups is 2. The Balaban J connectivity index is 1.58. The Morgan fingerprint density at radius 3 is 2.28 bits per heavy atom. The first-order valence-electron chi connectivity index (χ1n) is 12.1. The Hall–Kier alpha value is -4.26. The number of aromatic nitrogens is 2. The fraction of sp³-hybridized carbons (Fsp3) is 0.207. The van der Waals surface area contributed by atoms with E-state index in [1.54, 1.807) is 16.8 Å². The van der Waals surface area contributed by atoms with E-state index in [-0.39, 0.29) is 18.0 Å². The molecular weight excluding hydrogens is 455 g/mol. The number of carbonyl (C=O) groups excluding carboxylic acids is 2. The molecule has 0 fully saturated rings. The van der Waals surface area contributed by atoms with E-state index >= 15 is 0 Å². The van der Waals surface area contributed by atoms with Crippen LogP contribution in [0.5, 0.6) is 0 Å². The first kappa shape index (κ1) is 24.9. The second kappa shape index (κ2) is 11.9. The Labute approximate surface area is 210 Å². The Morgan fingerprint density at radius 1 is 0.917 bits per heavy atom. The molecule has 0 atom stereocenters. The van der Waals surface area contributed by atoms with Gasteiger partial charge in [-0.15, -0.1) is 0 Å². The Bertz CT molecular complexity index is 1310. The van der Waals surface area contributed by atoms with Crippen LogP contribution in [-0.4, -0.2) is 39.6 Å². The molecule has 0 spiro atoms. The van der Waals surface area contributed by atoms with Crippen molar-refractivity contribution in [3.8, 4) is 16.9 Å². The van der Waals surface area contributed by atoms with Gasteiger partial charge >= 0.3 is 0 Å². The van der Waals surface area contributed by atoms with Gasteiger partial charge in [-0.2, -0.15) is 5.10 Å². The molecule has 0 saturated heterocycles. The van der Waals surface area contributed by atoms with Crippen molar-refractivity contribution in [2.24, 2.45) is 0 Å². The van der Waals surface area contributed by atoms with Crippen molar-refractivity contribution in [1.29, 1.82) is 0 Å². The lowest BCUT2D eigenvalue weighted by Gasteiger charge is -2.22. The minimum absolute atomic E-state index is 0.0394. The molecule has 36 heavy (non-hydrogen) atoms. The van der Waals surface area contributed by atoms with Crippen LogP contribution in [0.2, 0.25) is 0 Å². The molecule has 1 N–H and O–H groups in total. The van der Waals surface area contributed by atoms with Crippen LogP contribution in [0.1, 0.15) is 36.5 Å². The van der Waals surface area contributed by atoms with Crippen molar-refractivity contribution in [2.75, 3.05) is 18.4 Å². The molecule has 184 valence electrons. The molecule has 0 saturated carbocycles. The van der Waals surface area contributed by atoms with Crippen LogP contribution in [0.3, 0.4) is 0 Å². The first-order chi connectivity index (χ1) is 17.6. The van der Waals surface area contributed by atoms with Crippen molar-refractivity contribution < 1.29 is 14.0 Å². The summed E-state index contributed by atoms with van der Waals surface area (Å²) in [6.45, 7) is 2.23. The monoisotopic (exact) mass is 484 g/mol. The van der Waals surface area contributed by atoms with Crippen molar-refractivity contribution in [1.82, 2.24) is 14.7 Å². The lowest BCUT2D eigenvalue weighted by Crippen LogP contribution is -2.39. The summed E-state index contributed by atoms with van der Waals surface area (Å²) in [6, 6.07) is 26.8. The van der Waals surface area contributed by atoms with Gasteiger partial charge in [-0.25, -0.2) is 9.07 Å². The highest BCUT2D eigenvalue weighted by atomic mass is 19.1. The van der Waals surface area contributed by atoms with Gasteiger partial charge in [-0.1, -0.05) is 80.4 Å². The molecule has 1 aromatic heterocycles. The van der Waals surface area contributed by atoms with Crippen LogP contribution in [0.4, 0.5) is 10.2 Å². The zero-order valence-electron chi connectivity index (χ0n) is 20.2. The maximum Gasteiger partial charge on any atom is 0.257 e. The summed E-state index contributed by atoms with van der Waals surface area (Å²) in [5.41, 5.74) is 2.37. The van der Waals surface area contributed by atoms with Gasteiger partial charge in [0.25, 0.3) is 5.91 Å². The smallest absolute Gasteiger partial charge is 0.257 e. The van der Waals surface area contributed by atoms with Crippen LogP contribution in [0, 0.1) is 5.82 Å². The molecule has 0 aliphatic rings. The largest absolute Gasteiger partial charge is 0.329 e. The molecule has 0 aliphatic heterocycles. The third-order valence-electron chi connectivity index (χ3n) is 5.80. The maximum atomic E-state index is 14.3. The topological polar surface area (TPSA) is 67.2 Å². The van der Waals surface area contributed by atoms with Crippen LogP contribution in [-0.2, 0) is 4.79 Å². The molecular formula is C29H29FN4O2. The lowest BCUT2D eigenvalue weighted by atomic mass is 10.1. The predicted octanol–water partition coefficient (Wildman–Crippen LogP) is 5.95. The first-order valence-corrected chi connectivity index (χ1v) is 12.1. The number of rotatable bonds is 10. The Kier molecular flexibility index (Phi) is 8.24. The van der Waals surface area contributed by atoms with Gasteiger partial charge in [0.1, 0.15) is 18.2 Å². The van der Waals surface area contributed by atoms with Crippen LogP contribution >= 0.6 is 0 Å². The molecule has 7 heteroatoms. The molecule has 2 amide bonds. The lowest BCUT2D eigenvalue weighted by molar-refractivity contribution is -0.117. The molecule has 3 aromatic carbocycles. The van der Waals surface area contributed by atoms with Crippen LogP contribution in [0.25, 0.3) is 16.9 Å². The van der Waals surface area contributed by atoms with E-state index in [4.69, 9.17) is 5.10 Å². The number of hydrogen-bond donors (Lipinski definition) is 1. The second-order valence-corrected chi connectivity index (χ2v) is 8.49. The van der Waals surface area contributed by atoms with Gasteiger partial charge in [-0.05, 0) is 30.7 Å². The van der Waals surface area contributed by atoms with Gasteiger partial charge in [0, 0.05) is 18.2 Å². The van der Waals surface area contributed by atoms with Crippen molar-refractivity contribution in [2.45, 2.75) is 26.2 Å². The zero-order valence-corrected chi connectivity index (χ0v) is 20.2. The SMILES string of the molecule is CCCCCN(CC(=O)Nc1cc(-c2ccccc2)nn1-c1ccccc1)C(=O)c1ccccc1F. The second-order valence-electron chi connectivity index (χ2n) is 8.49. The molecule has 1 heterocycles. The summed E-state index contributed by atoms with van der Waals surface area (Å²) in [5.74, 6) is -0.997. The fourth-order valence-corrected chi connectivity index (χ4v) is 3.95. The zero-order chi connectivity index (χ0) is 25.3. The highest BCUT2D eigenvalue weighted by molar-refractivity contribution is 5.99. The number of benzene rings is 3. The Morgan fingerprint density at radius 2 is 1.58 bits per heavy atom. The van der Waals surface area contributed by atoms with E-state index in [1.165, 1.54) is 23.1 Å². The summed E-state index contributed by atoms with van der Waals surface area (Å²) in [5, 5.41) is 7.62. The third kappa shape index (κ3) is 6.05. The summed E-state index contributed by atoms with van der Waals surface area (Å²) in [4.78, 5) is 27.7. The van der Waals surface area contributed by atoms with Crippen molar-refractivity contribution in [3.05, 3.63) is 102 Å². The van der Waals surface area contributed by atoms with Crippen molar-refractivity contribution in [3.63, 3.8) is 0 Å². The van der Waals surface area contributed by atoms with Crippen LogP contribution in [0.15, 0.2) is 91.0 Å². The molecule has 0 bridgehead atoms. The van der Waals surface area contributed by atoms with Crippen LogP contribution < -0.4 is 5.32 Å². The van der Waals surface area contributed by atoms with Gasteiger partial charge in [0.15, 0.2) is 0 Å². The molecule has 4 rings (SSSR count). The van der Waals surface area contributed by atoms with E-state index in [2.05, 4.69) is 12.2 Å². The number of unbranched alkanes of at least 4 members (excludes halogenated alkanes) is 2. The third-order valence-corrected chi connectivity index (χ3v) is 5.80. The van der Waals surface area contributed by atoms with E-state index in [0.717, 1.165) is 30.5 Å². The number of hydrogen-bond acceptors (Lipinski definition) is 3. The average molecular weight is 485 g/mol. The summed E-state index contributed by atoms with van der Waals surface area (Å²) < 4.78 is 16.0. The summed E-state index contributed by atoms with van der Waals surface area (Å²) in [7, 11) is 0. The van der Waals surface area contributed by atoms with E-state index < -0.39 is 11.7 Å². The number of para-hydroxylation sites is 1. The van der Waals surface area contributed by atoms with Gasteiger partial charge in [0.05, 0.1) is 16.9 Å². The molecule has 6 nitrogen and oxygen atoms in total. The number of halogens is 1. The number of nitrogens with zero attached hydrogens (tertiary/aromatic N) is 3. The molecule has 0 aliphatic carbocycles. The van der Waals surface area contributed by atoms with E-state index in [0.29, 0.717) is 18.1 Å². The quantitative estimate of drug-likeness (QED) is 0.283. The normalized spacial score (nSPS) is 10.7. The van der Waals surface area contributed by atoms with Gasteiger partial charge in [0.2, 0.25) is 5.91 Å². The molecule has 0 unspecified atom stereocenters. The predicted molar refractivity (Wildman–Crippen MR) is 139 cm³/mol. The molecule has 4 aromatic rings. The summed E-state index contributed by atoms with van der Waals surface area (Å²) >= 11 is 0. The minimum Gasteiger partial charge on any atom is -0.329 e. The summed E-state index contributed by atoms with van der Waals surface area (Å²) in [6.07, 6.45) is 2.60. The highest BCUT2D eigenvalue weighted by Gasteiger charge is 2.22.